The molecule has 3 N–H and O–H groups in total. The second kappa shape index (κ2) is 5.81. The van der Waals surface area contributed by atoms with E-state index >= 15 is 0 Å². The van der Waals surface area contributed by atoms with Crippen molar-refractivity contribution in [3.8, 4) is 0 Å². The minimum absolute atomic E-state index is 0.109. The highest BCUT2D eigenvalue weighted by molar-refractivity contribution is 9.11. The fourth-order valence-corrected chi connectivity index (χ4v) is 3.95. The molecular weight excluding hydrogens is 428 g/mol. The molecule has 8 heteroatoms. The van der Waals surface area contributed by atoms with Crippen molar-refractivity contribution < 1.29 is 8.42 Å². The van der Waals surface area contributed by atoms with Crippen molar-refractivity contribution in [3.63, 3.8) is 0 Å². The summed E-state index contributed by atoms with van der Waals surface area (Å²) >= 11 is 10.1. The Bertz CT molecular complexity index is 467. The van der Waals surface area contributed by atoms with E-state index in [1.54, 1.807) is 0 Å². The van der Waals surface area contributed by atoms with Gasteiger partial charge in [0.25, 0.3) is 0 Å². The van der Waals surface area contributed by atoms with Gasteiger partial charge in [-0.1, -0.05) is 15.9 Å². The lowest BCUT2D eigenvalue weighted by molar-refractivity contribution is 0.598. The van der Waals surface area contributed by atoms with E-state index in [1.807, 2.05) is 12.1 Å². The number of nitrogens with one attached hydrogen (secondary N) is 1. The first-order valence-electron chi connectivity index (χ1n) is 4.18. The fourth-order valence-electron chi connectivity index (χ4n) is 1.03. The molecule has 0 heterocycles. The zero-order valence-corrected chi connectivity index (χ0v) is 13.6. The van der Waals surface area contributed by atoms with Crippen molar-refractivity contribution in [2.24, 2.45) is 5.14 Å². The number of hydrogen-bond donors (Lipinski definition) is 2. The zero-order chi connectivity index (χ0) is 12.3. The maximum absolute atomic E-state index is 10.8. The predicted octanol–water partition coefficient (Wildman–Crippen LogP) is 2.67. The van der Waals surface area contributed by atoms with E-state index in [9.17, 15) is 8.42 Å². The standard InChI is InChI=1S/C8H9Br3N2O2S/c9-5-3-6(10)8(7(11)4-5)13-1-2-16(12,14)15/h3-4,13H,1-2H2,(H2,12,14,15). The zero-order valence-electron chi connectivity index (χ0n) is 8.00. The van der Waals surface area contributed by atoms with Gasteiger partial charge >= 0.3 is 0 Å². The van der Waals surface area contributed by atoms with Crippen LogP contribution < -0.4 is 10.5 Å². The molecule has 0 aliphatic heterocycles. The van der Waals surface area contributed by atoms with E-state index in [-0.39, 0.29) is 12.3 Å². The average molecular weight is 437 g/mol. The van der Waals surface area contributed by atoms with Crippen molar-refractivity contribution in [2.45, 2.75) is 0 Å². The van der Waals surface area contributed by atoms with Gasteiger partial charge in [-0.3, -0.25) is 0 Å². The highest BCUT2D eigenvalue weighted by atomic mass is 79.9. The molecule has 0 radical (unpaired) electrons. The van der Waals surface area contributed by atoms with Crippen molar-refractivity contribution in [1.29, 1.82) is 0 Å². The maximum atomic E-state index is 10.8. The smallest absolute Gasteiger partial charge is 0.210 e. The highest BCUT2D eigenvalue weighted by Crippen LogP contribution is 2.34. The second-order valence-electron chi connectivity index (χ2n) is 3.04. The van der Waals surface area contributed by atoms with E-state index in [2.05, 4.69) is 53.1 Å². The average Bonchev–Trinajstić information content (AvgIpc) is 2.07. The van der Waals surface area contributed by atoms with Crippen molar-refractivity contribution >= 4 is 63.5 Å². The third-order valence-corrected chi connectivity index (χ3v) is 4.18. The third-order valence-electron chi connectivity index (χ3n) is 1.70. The number of primary sulfonamides is 1. The number of rotatable bonds is 4. The largest absolute Gasteiger partial charge is 0.382 e. The Labute approximate surface area is 119 Å². The maximum Gasteiger partial charge on any atom is 0.210 e. The number of anilines is 1. The van der Waals surface area contributed by atoms with E-state index in [4.69, 9.17) is 5.14 Å². The van der Waals surface area contributed by atoms with Crippen LogP contribution in [0.15, 0.2) is 25.6 Å². The summed E-state index contributed by atoms with van der Waals surface area (Å²) in [4.78, 5) is 0. The number of sulfonamides is 1. The first-order valence-corrected chi connectivity index (χ1v) is 8.28. The molecule has 16 heavy (non-hydrogen) atoms. The molecule has 4 nitrogen and oxygen atoms in total. The molecule has 0 aromatic heterocycles. The van der Waals surface area contributed by atoms with Gasteiger partial charge in [0.05, 0.1) is 11.4 Å². The second-order valence-corrected chi connectivity index (χ2v) is 7.40. The van der Waals surface area contributed by atoms with Gasteiger partial charge in [0, 0.05) is 20.0 Å². The van der Waals surface area contributed by atoms with Crippen LogP contribution in [0.1, 0.15) is 0 Å². The van der Waals surface area contributed by atoms with Gasteiger partial charge in [0.2, 0.25) is 10.0 Å². The van der Waals surface area contributed by atoms with Crippen LogP contribution in [0.5, 0.6) is 0 Å². The summed E-state index contributed by atoms with van der Waals surface area (Å²) in [6.07, 6.45) is 0. The molecular formula is C8H9Br3N2O2S. The molecule has 90 valence electrons. The molecule has 1 aromatic rings. The number of halogens is 3. The Hall–Kier alpha value is 0.370. The first-order chi connectivity index (χ1) is 7.29. The Balaban J connectivity index is 2.75. The Morgan fingerprint density at radius 3 is 2.12 bits per heavy atom. The molecule has 0 saturated heterocycles. The summed E-state index contributed by atoms with van der Waals surface area (Å²) in [6.45, 7) is 0.262. The molecule has 0 fully saturated rings. The van der Waals surface area contributed by atoms with Gasteiger partial charge in [0.15, 0.2) is 0 Å². The minimum atomic E-state index is -3.43. The molecule has 0 aliphatic carbocycles. The molecule has 0 spiro atoms. The van der Waals surface area contributed by atoms with Gasteiger partial charge in [-0.05, 0) is 44.0 Å². The normalized spacial score (nSPS) is 11.5. The Morgan fingerprint density at radius 1 is 1.19 bits per heavy atom. The monoisotopic (exact) mass is 434 g/mol. The fraction of sp³-hybridized carbons (Fsp3) is 0.250. The molecule has 0 amide bonds. The molecule has 1 aromatic carbocycles. The van der Waals surface area contributed by atoms with Crippen LogP contribution in [0.4, 0.5) is 5.69 Å². The minimum Gasteiger partial charge on any atom is -0.382 e. The lowest BCUT2D eigenvalue weighted by Gasteiger charge is -2.10. The van der Waals surface area contributed by atoms with Crippen LogP contribution in [0.2, 0.25) is 0 Å². The molecule has 0 aliphatic rings. The topological polar surface area (TPSA) is 72.2 Å². The first kappa shape index (κ1) is 14.4. The van der Waals surface area contributed by atoms with Crippen molar-refractivity contribution in [1.82, 2.24) is 0 Å². The summed E-state index contributed by atoms with van der Waals surface area (Å²) in [5, 5.41) is 7.89. The SMILES string of the molecule is NS(=O)(=O)CCNc1c(Br)cc(Br)cc1Br. The lowest BCUT2D eigenvalue weighted by atomic mass is 10.3. The number of benzene rings is 1. The highest BCUT2D eigenvalue weighted by Gasteiger charge is 2.08. The van der Waals surface area contributed by atoms with Gasteiger partial charge < -0.3 is 5.32 Å². The van der Waals surface area contributed by atoms with Crippen LogP contribution in [0.3, 0.4) is 0 Å². The van der Waals surface area contributed by atoms with Crippen LogP contribution in [0, 0.1) is 0 Å². The third kappa shape index (κ3) is 4.70. The molecule has 1 rings (SSSR count). The van der Waals surface area contributed by atoms with Crippen LogP contribution in [-0.2, 0) is 10.0 Å². The van der Waals surface area contributed by atoms with Crippen LogP contribution in [0.25, 0.3) is 0 Å². The summed E-state index contributed by atoms with van der Waals surface area (Å²) in [7, 11) is -3.43. The number of nitrogens with two attached hydrogens (primary N) is 1. The van der Waals surface area contributed by atoms with Crippen molar-refractivity contribution in [2.75, 3.05) is 17.6 Å². The molecule has 0 atom stereocenters. The number of hydrogen-bond acceptors (Lipinski definition) is 3. The molecule has 0 bridgehead atoms. The van der Waals surface area contributed by atoms with E-state index in [0.717, 1.165) is 19.1 Å². The molecule has 0 saturated carbocycles. The van der Waals surface area contributed by atoms with E-state index in [0.29, 0.717) is 0 Å². The van der Waals surface area contributed by atoms with E-state index < -0.39 is 10.0 Å². The van der Waals surface area contributed by atoms with Crippen molar-refractivity contribution in [3.05, 3.63) is 25.6 Å². The summed E-state index contributed by atoms with van der Waals surface area (Å²) in [5.74, 6) is -0.109. The Morgan fingerprint density at radius 2 is 1.69 bits per heavy atom. The van der Waals surface area contributed by atoms with Crippen LogP contribution in [-0.4, -0.2) is 20.7 Å². The predicted molar refractivity (Wildman–Crippen MR) is 76.0 cm³/mol. The lowest BCUT2D eigenvalue weighted by Crippen LogP contribution is -2.22. The van der Waals surface area contributed by atoms with Crippen LogP contribution >= 0.6 is 47.8 Å². The Kier molecular flexibility index (Phi) is 5.24. The quantitative estimate of drug-likeness (QED) is 0.762. The van der Waals surface area contributed by atoms with Gasteiger partial charge in [-0.25, -0.2) is 13.6 Å². The van der Waals surface area contributed by atoms with Gasteiger partial charge in [-0.2, -0.15) is 0 Å². The summed E-state index contributed by atoms with van der Waals surface area (Å²) in [6, 6.07) is 3.73. The summed E-state index contributed by atoms with van der Waals surface area (Å²) < 4.78 is 24.1. The summed E-state index contributed by atoms with van der Waals surface area (Å²) in [5.41, 5.74) is 0.798. The van der Waals surface area contributed by atoms with E-state index in [1.165, 1.54) is 0 Å². The molecule has 0 unspecified atom stereocenters. The van der Waals surface area contributed by atoms with Gasteiger partial charge in [0.1, 0.15) is 0 Å². The van der Waals surface area contributed by atoms with Gasteiger partial charge in [-0.15, -0.1) is 0 Å².